The molecule has 0 unspecified atom stereocenters. The van der Waals surface area contributed by atoms with E-state index < -0.39 is 22.5 Å². The Morgan fingerprint density at radius 1 is 1.29 bits per heavy atom. The minimum absolute atomic E-state index is 0.0609. The van der Waals surface area contributed by atoms with Crippen LogP contribution in [0.15, 0.2) is 18.2 Å². The lowest BCUT2D eigenvalue weighted by Crippen LogP contribution is -2.14. The molecule has 3 rings (SSSR count). The number of hydrogen-bond donors (Lipinski definition) is 3. The number of phenolic OH excluding ortho intramolecular Hbond substituents is 1. The SMILES string of the molecule is O=C(Nc1sc2c(c1C(=O)O)CCC2)c1cc([N+](=O)[O-])ccc1O. The summed E-state index contributed by atoms with van der Waals surface area (Å²) < 4.78 is 0. The van der Waals surface area contributed by atoms with Crippen molar-refractivity contribution in [1.82, 2.24) is 0 Å². The van der Waals surface area contributed by atoms with Gasteiger partial charge in [-0.1, -0.05) is 0 Å². The Kier molecular flexibility index (Phi) is 3.94. The second-order valence-electron chi connectivity index (χ2n) is 5.28. The molecule has 0 fully saturated rings. The molecule has 3 N–H and O–H groups in total. The standard InChI is InChI=1S/C15H12N2O6S/c18-10-5-4-7(17(22)23)6-9(10)13(19)16-14-12(15(20)21)8-2-1-3-11(8)24-14/h4-6,18H,1-3H2,(H,16,19)(H,20,21). The maximum Gasteiger partial charge on any atom is 0.339 e. The number of amides is 1. The number of nitro benzene ring substituents is 1. The minimum Gasteiger partial charge on any atom is -0.507 e. The molecule has 1 heterocycles. The monoisotopic (exact) mass is 348 g/mol. The lowest BCUT2D eigenvalue weighted by Gasteiger charge is -2.07. The molecule has 1 aliphatic carbocycles. The molecule has 0 atom stereocenters. The number of anilines is 1. The van der Waals surface area contributed by atoms with Crippen LogP contribution in [0.5, 0.6) is 5.75 Å². The summed E-state index contributed by atoms with van der Waals surface area (Å²) >= 11 is 1.19. The molecule has 0 bridgehead atoms. The summed E-state index contributed by atoms with van der Waals surface area (Å²) in [6, 6.07) is 3.08. The highest BCUT2D eigenvalue weighted by Crippen LogP contribution is 2.39. The number of nitro groups is 1. The Bertz CT molecular complexity index is 873. The molecule has 24 heavy (non-hydrogen) atoms. The highest BCUT2D eigenvalue weighted by atomic mass is 32.1. The van der Waals surface area contributed by atoms with Crippen LogP contribution in [0.2, 0.25) is 0 Å². The van der Waals surface area contributed by atoms with E-state index in [1.165, 1.54) is 11.3 Å². The number of carboxylic acids is 1. The fourth-order valence-corrected chi connectivity index (χ4v) is 3.98. The molecule has 1 aliphatic rings. The first-order valence-corrected chi connectivity index (χ1v) is 7.86. The molecule has 1 aromatic carbocycles. The van der Waals surface area contributed by atoms with E-state index in [1.54, 1.807) is 0 Å². The van der Waals surface area contributed by atoms with Crippen LogP contribution in [-0.2, 0) is 12.8 Å². The normalized spacial score (nSPS) is 12.7. The summed E-state index contributed by atoms with van der Waals surface area (Å²) in [5.41, 5.74) is 0.163. The number of rotatable bonds is 4. The second kappa shape index (κ2) is 5.93. The first kappa shape index (κ1) is 15.9. The summed E-state index contributed by atoms with van der Waals surface area (Å²) in [6.45, 7) is 0. The van der Waals surface area contributed by atoms with Gasteiger partial charge in [-0.3, -0.25) is 14.9 Å². The number of aromatic hydroxyl groups is 1. The van der Waals surface area contributed by atoms with Crippen molar-refractivity contribution in [3.8, 4) is 5.75 Å². The van der Waals surface area contributed by atoms with E-state index in [-0.39, 0.29) is 21.8 Å². The first-order chi connectivity index (χ1) is 11.4. The number of phenols is 1. The molecule has 0 saturated heterocycles. The van der Waals surface area contributed by atoms with E-state index in [2.05, 4.69) is 5.32 Å². The summed E-state index contributed by atoms with van der Waals surface area (Å²) in [5.74, 6) is -2.34. The van der Waals surface area contributed by atoms with Gasteiger partial charge >= 0.3 is 5.97 Å². The van der Waals surface area contributed by atoms with E-state index in [0.717, 1.165) is 41.5 Å². The third-order valence-corrected chi connectivity index (χ3v) is 5.01. The maximum atomic E-state index is 12.3. The number of carboxylic acid groups (broad SMARTS) is 1. The van der Waals surface area contributed by atoms with Crippen LogP contribution in [0.1, 0.15) is 37.6 Å². The van der Waals surface area contributed by atoms with Crippen LogP contribution in [0.25, 0.3) is 0 Å². The molecule has 9 heteroatoms. The van der Waals surface area contributed by atoms with Crippen molar-refractivity contribution in [2.75, 3.05) is 5.32 Å². The van der Waals surface area contributed by atoms with Crippen molar-refractivity contribution >= 4 is 33.9 Å². The van der Waals surface area contributed by atoms with E-state index in [0.29, 0.717) is 6.42 Å². The van der Waals surface area contributed by atoms with Crippen molar-refractivity contribution in [2.45, 2.75) is 19.3 Å². The zero-order chi connectivity index (χ0) is 17.4. The second-order valence-corrected chi connectivity index (χ2v) is 6.38. The van der Waals surface area contributed by atoms with E-state index >= 15 is 0 Å². The lowest BCUT2D eigenvalue weighted by molar-refractivity contribution is -0.384. The highest BCUT2D eigenvalue weighted by Gasteiger charge is 2.28. The van der Waals surface area contributed by atoms with Crippen molar-refractivity contribution in [3.63, 3.8) is 0 Å². The smallest absolute Gasteiger partial charge is 0.339 e. The van der Waals surface area contributed by atoms with Crippen molar-refractivity contribution in [2.24, 2.45) is 0 Å². The Morgan fingerprint density at radius 3 is 2.71 bits per heavy atom. The number of fused-ring (bicyclic) bond motifs is 1. The molecule has 0 saturated carbocycles. The third-order valence-electron chi connectivity index (χ3n) is 3.80. The van der Waals surface area contributed by atoms with E-state index in [4.69, 9.17) is 0 Å². The third kappa shape index (κ3) is 2.69. The molecule has 124 valence electrons. The van der Waals surface area contributed by atoms with Crippen molar-refractivity contribution in [1.29, 1.82) is 0 Å². The molecule has 0 radical (unpaired) electrons. The number of non-ortho nitro benzene ring substituents is 1. The van der Waals surface area contributed by atoms with Crippen molar-refractivity contribution in [3.05, 3.63) is 49.9 Å². The molecule has 1 amide bonds. The van der Waals surface area contributed by atoms with Crippen molar-refractivity contribution < 1.29 is 24.7 Å². The lowest BCUT2D eigenvalue weighted by atomic mass is 10.1. The number of nitrogens with one attached hydrogen (secondary N) is 1. The van der Waals surface area contributed by atoms with Crippen LogP contribution in [-0.4, -0.2) is 27.0 Å². The highest BCUT2D eigenvalue weighted by molar-refractivity contribution is 7.17. The number of benzene rings is 1. The average Bonchev–Trinajstić information content (AvgIpc) is 3.07. The first-order valence-electron chi connectivity index (χ1n) is 7.05. The zero-order valence-electron chi connectivity index (χ0n) is 12.2. The van der Waals surface area contributed by atoms with Gasteiger partial charge in [-0.25, -0.2) is 4.79 Å². The van der Waals surface area contributed by atoms with Gasteiger partial charge in [0.15, 0.2) is 0 Å². The van der Waals surface area contributed by atoms with Gasteiger partial charge in [0.2, 0.25) is 0 Å². The summed E-state index contributed by atoms with van der Waals surface area (Å²) in [4.78, 5) is 34.9. The quantitative estimate of drug-likeness (QED) is 0.575. The zero-order valence-corrected chi connectivity index (χ0v) is 13.1. The molecule has 1 aromatic heterocycles. The van der Waals surface area contributed by atoms with Gasteiger partial charge in [0.05, 0.1) is 16.1 Å². The number of aryl methyl sites for hydroxylation is 1. The summed E-state index contributed by atoms with van der Waals surface area (Å²) in [7, 11) is 0. The number of carbonyl (C=O) groups is 2. The van der Waals surface area contributed by atoms with Gasteiger partial charge in [-0.2, -0.15) is 0 Å². The number of thiophene rings is 1. The predicted molar refractivity (Wildman–Crippen MR) is 86.0 cm³/mol. The van der Waals surface area contributed by atoms with Gasteiger partial charge < -0.3 is 15.5 Å². The molecular formula is C15H12N2O6S. The molecule has 0 spiro atoms. The Morgan fingerprint density at radius 2 is 2.04 bits per heavy atom. The number of nitrogens with zero attached hydrogens (tertiary/aromatic N) is 1. The topological polar surface area (TPSA) is 130 Å². The van der Waals surface area contributed by atoms with Gasteiger partial charge in [0.25, 0.3) is 11.6 Å². The molecule has 0 aliphatic heterocycles. The summed E-state index contributed by atoms with van der Waals surface area (Å²) in [5, 5.41) is 32.6. The number of aromatic carboxylic acids is 1. The van der Waals surface area contributed by atoms with Crippen LogP contribution in [0.3, 0.4) is 0 Å². The largest absolute Gasteiger partial charge is 0.507 e. The van der Waals surface area contributed by atoms with Gasteiger partial charge in [0, 0.05) is 17.0 Å². The van der Waals surface area contributed by atoms with Gasteiger partial charge in [-0.15, -0.1) is 11.3 Å². The van der Waals surface area contributed by atoms with Gasteiger partial charge in [0.1, 0.15) is 10.8 Å². The van der Waals surface area contributed by atoms with Crippen LogP contribution in [0, 0.1) is 10.1 Å². The van der Waals surface area contributed by atoms with E-state index in [9.17, 15) is 29.9 Å². The van der Waals surface area contributed by atoms with Crippen LogP contribution in [0.4, 0.5) is 10.7 Å². The molecular weight excluding hydrogens is 336 g/mol. The average molecular weight is 348 g/mol. The maximum absolute atomic E-state index is 12.3. The Hall–Kier alpha value is -2.94. The Labute approximate surface area is 139 Å². The summed E-state index contributed by atoms with van der Waals surface area (Å²) in [6.07, 6.45) is 2.28. The fraction of sp³-hybridized carbons (Fsp3) is 0.200. The predicted octanol–water partition coefficient (Wildman–Crippen LogP) is 2.80. The Balaban J connectivity index is 1.95. The molecule has 2 aromatic rings. The minimum atomic E-state index is -1.13. The van der Waals surface area contributed by atoms with E-state index in [1.807, 2.05) is 0 Å². The fourth-order valence-electron chi connectivity index (χ4n) is 2.71. The number of carbonyl (C=O) groups excluding carboxylic acids is 1. The van der Waals surface area contributed by atoms with Gasteiger partial charge in [-0.05, 0) is 30.9 Å². The van der Waals surface area contributed by atoms with Crippen LogP contribution < -0.4 is 5.32 Å². The number of hydrogen-bond acceptors (Lipinski definition) is 6. The van der Waals surface area contributed by atoms with Crippen LogP contribution >= 0.6 is 11.3 Å². The molecule has 8 nitrogen and oxygen atoms in total.